The van der Waals surface area contributed by atoms with Crippen molar-refractivity contribution < 1.29 is 25.2 Å². The zero-order valence-electron chi connectivity index (χ0n) is 39.1. The van der Waals surface area contributed by atoms with Crippen LogP contribution in [0, 0.1) is 0 Å². The molecule has 4 unspecified atom stereocenters. The van der Waals surface area contributed by atoms with Gasteiger partial charge in [-0.2, -0.15) is 0 Å². The molecule has 0 rings (SSSR count). The molecule has 0 saturated heterocycles. The molecule has 0 fully saturated rings. The van der Waals surface area contributed by atoms with Gasteiger partial charge in [-0.25, -0.2) is 0 Å². The molecule has 58 heavy (non-hydrogen) atoms. The number of rotatable bonds is 48. The van der Waals surface area contributed by atoms with E-state index in [1.165, 1.54) is 218 Å². The van der Waals surface area contributed by atoms with Crippen LogP contribution >= 0.6 is 0 Å². The molecule has 0 aliphatic carbocycles. The fraction of sp³-hybridized carbons (Fsp3) is 0.942. The highest BCUT2D eigenvalue weighted by Gasteiger charge is 2.28. The van der Waals surface area contributed by atoms with Gasteiger partial charge in [-0.05, 0) is 38.5 Å². The first-order chi connectivity index (χ1) is 28.5. The minimum atomic E-state index is -1.25. The fourth-order valence-electron chi connectivity index (χ4n) is 8.34. The average Bonchev–Trinajstić information content (AvgIpc) is 3.23. The van der Waals surface area contributed by atoms with Crippen molar-refractivity contribution in [2.45, 2.75) is 308 Å². The molecule has 0 aromatic carbocycles. The normalized spacial score (nSPS) is 14.0. The lowest BCUT2D eigenvalue weighted by Crippen LogP contribution is -2.53. The quantitative estimate of drug-likeness (QED) is 0.0310. The maximum Gasteiger partial charge on any atom is 0.249 e. The third kappa shape index (κ3) is 40.5. The second kappa shape index (κ2) is 47.1. The zero-order valence-corrected chi connectivity index (χ0v) is 39.1. The summed E-state index contributed by atoms with van der Waals surface area (Å²) < 4.78 is 0. The molecular formula is C52H103NO5. The van der Waals surface area contributed by atoms with Gasteiger partial charge in [-0.3, -0.25) is 4.79 Å². The van der Waals surface area contributed by atoms with Gasteiger partial charge < -0.3 is 25.7 Å². The van der Waals surface area contributed by atoms with Crippen molar-refractivity contribution >= 4 is 5.91 Å². The molecular weight excluding hydrogens is 719 g/mol. The number of allylic oxidation sites excluding steroid dienone is 2. The summed E-state index contributed by atoms with van der Waals surface area (Å²) in [5, 5.41) is 43.3. The van der Waals surface area contributed by atoms with E-state index in [0.717, 1.165) is 38.5 Å². The van der Waals surface area contributed by atoms with Crippen LogP contribution in [-0.4, -0.2) is 57.3 Å². The van der Waals surface area contributed by atoms with Gasteiger partial charge in [0.15, 0.2) is 0 Å². The van der Waals surface area contributed by atoms with Gasteiger partial charge in [-0.1, -0.05) is 257 Å². The van der Waals surface area contributed by atoms with Crippen LogP contribution in [0.1, 0.15) is 284 Å². The first-order valence-electron chi connectivity index (χ1n) is 26.1. The molecule has 6 heteroatoms. The Morgan fingerprint density at radius 2 is 0.690 bits per heavy atom. The molecule has 0 aromatic heterocycles. The van der Waals surface area contributed by atoms with E-state index < -0.39 is 36.9 Å². The molecule has 0 bridgehead atoms. The van der Waals surface area contributed by atoms with Crippen LogP contribution in [0.15, 0.2) is 12.2 Å². The van der Waals surface area contributed by atoms with Gasteiger partial charge >= 0.3 is 0 Å². The number of unbranched alkanes of at least 4 members (excludes halogenated alkanes) is 37. The van der Waals surface area contributed by atoms with Crippen LogP contribution in [-0.2, 0) is 4.79 Å². The van der Waals surface area contributed by atoms with Crippen molar-refractivity contribution in [3.05, 3.63) is 12.2 Å². The van der Waals surface area contributed by atoms with E-state index in [9.17, 15) is 25.2 Å². The molecule has 0 aliphatic heterocycles. The van der Waals surface area contributed by atoms with Crippen LogP contribution in [0.2, 0.25) is 0 Å². The minimum absolute atomic E-state index is 0.372. The van der Waals surface area contributed by atoms with E-state index in [2.05, 4.69) is 31.3 Å². The Bertz CT molecular complexity index is 837. The molecule has 5 N–H and O–H groups in total. The van der Waals surface area contributed by atoms with Crippen LogP contribution in [0.3, 0.4) is 0 Å². The predicted octanol–water partition coefficient (Wildman–Crippen LogP) is 14.5. The van der Waals surface area contributed by atoms with Crippen molar-refractivity contribution in [2.24, 2.45) is 0 Å². The fourth-order valence-corrected chi connectivity index (χ4v) is 8.34. The highest BCUT2D eigenvalue weighted by Crippen LogP contribution is 2.17. The van der Waals surface area contributed by atoms with Gasteiger partial charge in [0.05, 0.1) is 18.8 Å². The van der Waals surface area contributed by atoms with Crippen LogP contribution in [0.4, 0.5) is 0 Å². The Hall–Kier alpha value is -0.950. The third-order valence-electron chi connectivity index (χ3n) is 12.5. The van der Waals surface area contributed by atoms with Crippen molar-refractivity contribution in [3.63, 3.8) is 0 Å². The Morgan fingerprint density at radius 1 is 0.414 bits per heavy atom. The summed E-state index contributed by atoms with van der Waals surface area (Å²) >= 11 is 0. The first kappa shape index (κ1) is 57.1. The van der Waals surface area contributed by atoms with Crippen LogP contribution < -0.4 is 5.32 Å². The molecule has 6 nitrogen and oxygen atoms in total. The molecule has 4 atom stereocenters. The predicted molar refractivity (Wildman–Crippen MR) is 251 cm³/mol. The molecule has 0 radical (unpaired) electrons. The number of hydrogen-bond donors (Lipinski definition) is 5. The zero-order chi connectivity index (χ0) is 42.4. The molecule has 0 aliphatic rings. The number of carbonyl (C=O) groups excluding carboxylic acids is 1. The Labute approximate surface area is 362 Å². The summed E-state index contributed by atoms with van der Waals surface area (Å²) in [5.41, 5.74) is 0. The molecule has 346 valence electrons. The molecule has 0 aromatic rings. The van der Waals surface area contributed by atoms with E-state index in [1.807, 2.05) is 0 Å². The number of hydrogen-bond acceptors (Lipinski definition) is 5. The topological polar surface area (TPSA) is 110 Å². The number of aliphatic hydroxyl groups excluding tert-OH is 4. The summed E-state index contributed by atoms with van der Waals surface area (Å²) in [6.45, 7) is 3.99. The minimum Gasteiger partial charge on any atom is -0.394 e. The van der Waals surface area contributed by atoms with E-state index in [0.29, 0.717) is 12.8 Å². The molecule has 1 amide bonds. The number of aliphatic hydroxyl groups is 4. The summed E-state index contributed by atoms with van der Waals surface area (Å²) in [7, 11) is 0. The average molecular weight is 822 g/mol. The highest BCUT2D eigenvalue weighted by atomic mass is 16.3. The molecule has 0 heterocycles. The maximum absolute atomic E-state index is 12.4. The SMILES string of the molecule is CCCCCCCCCCCCCCCCCC/C=C\CCCCCCCCCCCCCCCCCCC(O)C(=O)NC(CO)C(O)C(O)CCCCCCCC. The standard InChI is InChI=1S/C52H103NO5/c1-3-5-7-9-11-12-13-14-15-16-17-18-19-20-21-22-23-24-25-26-27-28-29-30-31-32-33-34-35-36-37-38-39-40-42-44-46-50(56)52(58)53-48(47-54)51(57)49(55)45-43-41-10-8-6-4-2/h24-25,48-51,54-57H,3-23,26-47H2,1-2H3,(H,53,58)/b25-24-. The molecule has 0 saturated carbocycles. The van der Waals surface area contributed by atoms with Crippen molar-refractivity contribution in [2.75, 3.05) is 6.61 Å². The van der Waals surface area contributed by atoms with E-state index in [1.54, 1.807) is 0 Å². The van der Waals surface area contributed by atoms with Crippen LogP contribution in [0.5, 0.6) is 0 Å². The monoisotopic (exact) mass is 822 g/mol. The molecule has 0 spiro atoms. The van der Waals surface area contributed by atoms with E-state index in [4.69, 9.17) is 0 Å². The first-order valence-corrected chi connectivity index (χ1v) is 26.1. The van der Waals surface area contributed by atoms with Crippen molar-refractivity contribution in [3.8, 4) is 0 Å². The smallest absolute Gasteiger partial charge is 0.249 e. The summed E-state index contributed by atoms with van der Waals surface area (Å²) in [4.78, 5) is 12.4. The summed E-state index contributed by atoms with van der Waals surface area (Å²) in [6.07, 6.45) is 54.8. The summed E-state index contributed by atoms with van der Waals surface area (Å²) in [5.74, 6) is -0.584. The highest BCUT2D eigenvalue weighted by molar-refractivity contribution is 5.80. The van der Waals surface area contributed by atoms with Gasteiger partial charge in [-0.15, -0.1) is 0 Å². The van der Waals surface area contributed by atoms with Crippen molar-refractivity contribution in [1.29, 1.82) is 0 Å². The maximum atomic E-state index is 12.4. The lowest BCUT2D eigenvalue weighted by Gasteiger charge is -2.27. The number of amides is 1. The van der Waals surface area contributed by atoms with Gasteiger partial charge in [0.25, 0.3) is 0 Å². The Morgan fingerprint density at radius 3 is 1.00 bits per heavy atom. The second-order valence-electron chi connectivity index (χ2n) is 18.2. The van der Waals surface area contributed by atoms with Gasteiger partial charge in [0.1, 0.15) is 12.2 Å². The largest absolute Gasteiger partial charge is 0.394 e. The van der Waals surface area contributed by atoms with Gasteiger partial charge in [0.2, 0.25) is 5.91 Å². The third-order valence-corrected chi connectivity index (χ3v) is 12.5. The second-order valence-corrected chi connectivity index (χ2v) is 18.2. The van der Waals surface area contributed by atoms with Crippen LogP contribution in [0.25, 0.3) is 0 Å². The lowest BCUT2D eigenvalue weighted by atomic mass is 9.99. The van der Waals surface area contributed by atoms with Crippen molar-refractivity contribution in [1.82, 2.24) is 5.32 Å². The lowest BCUT2D eigenvalue weighted by molar-refractivity contribution is -0.132. The van der Waals surface area contributed by atoms with E-state index in [-0.39, 0.29) is 0 Å². The van der Waals surface area contributed by atoms with Gasteiger partial charge in [0, 0.05) is 0 Å². The number of nitrogens with one attached hydrogen (secondary N) is 1. The van der Waals surface area contributed by atoms with E-state index >= 15 is 0 Å². The summed E-state index contributed by atoms with van der Waals surface area (Å²) in [6, 6.07) is -0.979. The number of carbonyl (C=O) groups is 1. The Balaban J connectivity index is 3.43. The Kier molecular flexibility index (Phi) is 46.3.